The number of nitrogens with zero attached hydrogens (tertiary/aromatic N) is 3. The maximum absolute atomic E-state index is 12.3. The van der Waals surface area contributed by atoms with Crippen LogP contribution in [0.4, 0.5) is 5.69 Å². The molecular weight excluding hydrogens is 352 g/mol. The Kier molecular flexibility index (Phi) is 6.22. The van der Waals surface area contributed by atoms with Gasteiger partial charge in [-0.15, -0.1) is 0 Å². The van der Waals surface area contributed by atoms with Crippen LogP contribution < -0.4 is 5.32 Å². The molecule has 3 rings (SSSR count). The van der Waals surface area contributed by atoms with E-state index in [2.05, 4.69) is 10.4 Å². The summed E-state index contributed by atoms with van der Waals surface area (Å²) in [5, 5.41) is 7.17. The van der Waals surface area contributed by atoms with Crippen LogP contribution in [-0.4, -0.2) is 39.6 Å². The Balaban J connectivity index is 1.59. The van der Waals surface area contributed by atoms with Gasteiger partial charge in [0, 0.05) is 30.5 Å². The first-order chi connectivity index (χ1) is 13.6. The fourth-order valence-corrected chi connectivity index (χ4v) is 2.95. The van der Waals surface area contributed by atoms with E-state index < -0.39 is 0 Å². The van der Waals surface area contributed by atoms with Crippen LogP contribution in [0.2, 0.25) is 0 Å². The van der Waals surface area contributed by atoms with Crippen LogP contribution in [-0.2, 0) is 11.2 Å². The second-order valence-electron chi connectivity index (χ2n) is 6.41. The van der Waals surface area contributed by atoms with Gasteiger partial charge >= 0.3 is 0 Å². The van der Waals surface area contributed by atoms with Gasteiger partial charge in [-0.25, -0.2) is 4.68 Å². The van der Waals surface area contributed by atoms with Gasteiger partial charge < -0.3 is 10.2 Å². The predicted molar refractivity (Wildman–Crippen MR) is 110 cm³/mol. The van der Waals surface area contributed by atoms with Crippen molar-refractivity contribution in [1.29, 1.82) is 0 Å². The van der Waals surface area contributed by atoms with Crippen molar-refractivity contribution >= 4 is 17.5 Å². The van der Waals surface area contributed by atoms with Crippen LogP contribution in [0.15, 0.2) is 67.0 Å². The summed E-state index contributed by atoms with van der Waals surface area (Å²) >= 11 is 0. The molecule has 2 amide bonds. The van der Waals surface area contributed by atoms with E-state index >= 15 is 0 Å². The van der Waals surface area contributed by atoms with Crippen LogP contribution in [0, 0.1) is 0 Å². The first-order valence-electron chi connectivity index (χ1n) is 9.39. The highest BCUT2D eigenvalue weighted by Gasteiger charge is 2.12. The van der Waals surface area contributed by atoms with Crippen molar-refractivity contribution in [1.82, 2.24) is 14.7 Å². The number of amides is 2. The van der Waals surface area contributed by atoms with Gasteiger partial charge in [0.15, 0.2) is 0 Å². The lowest BCUT2D eigenvalue weighted by atomic mass is 10.1. The van der Waals surface area contributed by atoms with Gasteiger partial charge in [-0.2, -0.15) is 5.10 Å². The van der Waals surface area contributed by atoms with Crippen molar-refractivity contribution in [3.8, 4) is 5.69 Å². The molecule has 0 saturated carbocycles. The molecule has 0 atom stereocenters. The van der Waals surface area contributed by atoms with Crippen LogP contribution >= 0.6 is 0 Å². The summed E-state index contributed by atoms with van der Waals surface area (Å²) in [6.07, 6.45) is 3.77. The van der Waals surface area contributed by atoms with Crippen molar-refractivity contribution in [3.05, 3.63) is 78.1 Å². The fraction of sp³-hybridized carbons (Fsp3) is 0.227. The number of hydrogen-bond acceptors (Lipinski definition) is 3. The Hall–Kier alpha value is -3.41. The molecule has 2 aromatic carbocycles. The molecule has 144 valence electrons. The summed E-state index contributed by atoms with van der Waals surface area (Å²) < 4.78 is 1.75. The van der Waals surface area contributed by atoms with E-state index in [1.807, 2.05) is 50.4 Å². The number of carbonyl (C=O) groups excluding carboxylic acids is 2. The minimum absolute atomic E-state index is 0.00352. The summed E-state index contributed by atoms with van der Waals surface area (Å²) in [6.45, 7) is 5.25. The Morgan fingerprint density at radius 2 is 1.68 bits per heavy atom. The fourth-order valence-electron chi connectivity index (χ4n) is 2.95. The maximum Gasteiger partial charge on any atom is 0.253 e. The Bertz CT molecular complexity index is 929. The Morgan fingerprint density at radius 3 is 2.32 bits per heavy atom. The lowest BCUT2D eigenvalue weighted by Crippen LogP contribution is -2.30. The van der Waals surface area contributed by atoms with Gasteiger partial charge in [0.25, 0.3) is 5.91 Å². The zero-order valence-corrected chi connectivity index (χ0v) is 16.1. The Morgan fingerprint density at radius 1 is 1.00 bits per heavy atom. The van der Waals surface area contributed by atoms with Crippen molar-refractivity contribution in [2.24, 2.45) is 0 Å². The maximum atomic E-state index is 12.3. The number of para-hydroxylation sites is 1. The van der Waals surface area contributed by atoms with Gasteiger partial charge in [-0.1, -0.05) is 18.2 Å². The topological polar surface area (TPSA) is 67.2 Å². The Labute approximate surface area is 164 Å². The SMILES string of the molecule is CCN(CC)C(=O)c1ccc(NC(=O)Cc2cnn(-c3ccccc3)c2)cc1. The van der Waals surface area contributed by atoms with Gasteiger partial charge in [-0.3, -0.25) is 9.59 Å². The third-order valence-corrected chi connectivity index (χ3v) is 4.49. The molecule has 28 heavy (non-hydrogen) atoms. The first-order valence-corrected chi connectivity index (χ1v) is 9.39. The molecule has 3 aromatic rings. The molecule has 0 aliphatic carbocycles. The third kappa shape index (κ3) is 4.65. The van der Waals surface area contributed by atoms with Crippen LogP contribution in [0.3, 0.4) is 0 Å². The smallest absolute Gasteiger partial charge is 0.253 e. The summed E-state index contributed by atoms with van der Waals surface area (Å²) in [6, 6.07) is 16.7. The summed E-state index contributed by atoms with van der Waals surface area (Å²) in [4.78, 5) is 26.4. The van der Waals surface area contributed by atoms with Crippen LogP contribution in [0.1, 0.15) is 29.8 Å². The normalized spacial score (nSPS) is 10.5. The number of hydrogen-bond donors (Lipinski definition) is 1. The number of benzene rings is 2. The number of nitrogens with one attached hydrogen (secondary N) is 1. The van der Waals surface area contributed by atoms with E-state index in [-0.39, 0.29) is 18.2 Å². The summed E-state index contributed by atoms with van der Waals surface area (Å²) in [5.74, 6) is -0.133. The van der Waals surface area contributed by atoms with E-state index in [1.54, 1.807) is 40.0 Å². The zero-order chi connectivity index (χ0) is 19.9. The van der Waals surface area contributed by atoms with Crippen molar-refractivity contribution in [2.75, 3.05) is 18.4 Å². The molecule has 0 bridgehead atoms. The van der Waals surface area contributed by atoms with Crippen molar-refractivity contribution in [2.45, 2.75) is 20.3 Å². The molecule has 0 spiro atoms. The molecule has 1 N–H and O–H groups in total. The monoisotopic (exact) mass is 376 g/mol. The molecule has 0 aliphatic heterocycles. The molecule has 6 heteroatoms. The van der Waals surface area contributed by atoms with E-state index in [1.165, 1.54) is 0 Å². The average Bonchev–Trinajstić information content (AvgIpc) is 3.18. The molecule has 1 heterocycles. The minimum atomic E-state index is -0.129. The molecule has 6 nitrogen and oxygen atoms in total. The third-order valence-electron chi connectivity index (χ3n) is 4.49. The highest BCUT2D eigenvalue weighted by Crippen LogP contribution is 2.13. The van der Waals surface area contributed by atoms with Gasteiger partial charge in [0.05, 0.1) is 18.3 Å². The lowest BCUT2D eigenvalue weighted by molar-refractivity contribution is -0.115. The van der Waals surface area contributed by atoms with Crippen molar-refractivity contribution < 1.29 is 9.59 Å². The number of carbonyl (C=O) groups is 2. The highest BCUT2D eigenvalue weighted by atomic mass is 16.2. The van der Waals surface area contributed by atoms with Gasteiger partial charge in [0.1, 0.15) is 0 Å². The molecule has 0 radical (unpaired) electrons. The molecule has 0 unspecified atom stereocenters. The first kappa shape index (κ1) is 19.4. The predicted octanol–water partition coefficient (Wildman–Crippen LogP) is 3.54. The largest absolute Gasteiger partial charge is 0.339 e. The second-order valence-corrected chi connectivity index (χ2v) is 6.41. The average molecular weight is 376 g/mol. The zero-order valence-electron chi connectivity index (χ0n) is 16.1. The minimum Gasteiger partial charge on any atom is -0.339 e. The number of anilines is 1. The highest BCUT2D eigenvalue weighted by molar-refractivity contribution is 5.96. The van der Waals surface area contributed by atoms with E-state index in [9.17, 15) is 9.59 Å². The standard InChI is InChI=1S/C22H24N4O2/c1-3-25(4-2)22(28)18-10-12-19(13-11-18)24-21(27)14-17-15-23-26(16-17)20-8-6-5-7-9-20/h5-13,15-16H,3-4,14H2,1-2H3,(H,24,27). The van der Waals surface area contributed by atoms with E-state index in [4.69, 9.17) is 0 Å². The molecular formula is C22H24N4O2. The van der Waals surface area contributed by atoms with Gasteiger partial charge in [0.2, 0.25) is 5.91 Å². The van der Waals surface area contributed by atoms with E-state index in [0.717, 1.165) is 11.3 Å². The van der Waals surface area contributed by atoms with Crippen LogP contribution in [0.5, 0.6) is 0 Å². The molecule has 1 aromatic heterocycles. The molecule has 0 aliphatic rings. The van der Waals surface area contributed by atoms with Gasteiger partial charge in [-0.05, 0) is 55.8 Å². The number of aromatic nitrogens is 2. The second kappa shape index (κ2) is 8.99. The van der Waals surface area contributed by atoms with Crippen molar-refractivity contribution in [3.63, 3.8) is 0 Å². The van der Waals surface area contributed by atoms with E-state index in [0.29, 0.717) is 24.3 Å². The summed E-state index contributed by atoms with van der Waals surface area (Å²) in [5.41, 5.74) is 3.06. The number of rotatable bonds is 7. The molecule has 0 fully saturated rings. The lowest BCUT2D eigenvalue weighted by Gasteiger charge is -2.18. The quantitative estimate of drug-likeness (QED) is 0.686. The molecule has 0 saturated heterocycles. The summed E-state index contributed by atoms with van der Waals surface area (Å²) in [7, 11) is 0. The van der Waals surface area contributed by atoms with Crippen LogP contribution in [0.25, 0.3) is 5.69 Å².